The first kappa shape index (κ1) is 48.2. The Morgan fingerprint density at radius 2 is 0.882 bits per heavy atom. The zero-order chi connectivity index (χ0) is 37.7. The maximum atomic E-state index is 12.9. The molecular formula is C39H62O6S6. The summed E-state index contributed by atoms with van der Waals surface area (Å²) >= 11 is 16.7. The van der Waals surface area contributed by atoms with Crippen molar-refractivity contribution in [3.63, 3.8) is 0 Å². The smallest absolute Gasteiger partial charge is 0.335 e. The highest BCUT2D eigenvalue weighted by atomic mass is 32.2. The molecule has 6 nitrogen and oxygen atoms in total. The van der Waals surface area contributed by atoms with Crippen LogP contribution in [-0.4, -0.2) is 52.1 Å². The fourth-order valence-corrected chi connectivity index (χ4v) is 10.3. The van der Waals surface area contributed by atoms with Crippen molar-refractivity contribution in [3.05, 3.63) is 23.8 Å². The van der Waals surface area contributed by atoms with Crippen LogP contribution in [0.4, 0.5) is 0 Å². The number of carbonyl (C=O) groups excluding carboxylic acids is 2. The van der Waals surface area contributed by atoms with Crippen molar-refractivity contribution in [2.24, 2.45) is 0 Å². The van der Waals surface area contributed by atoms with Crippen LogP contribution in [0.2, 0.25) is 0 Å². The number of rotatable bonds is 29. The molecule has 0 aliphatic carbocycles. The van der Waals surface area contributed by atoms with Gasteiger partial charge in [-0.15, -0.1) is 23.5 Å². The van der Waals surface area contributed by atoms with Gasteiger partial charge in [-0.1, -0.05) is 177 Å². The minimum absolute atomic E-state index is 0.0121. The topological polar surface area (TPSA) is 89.9 Å². The Morgan fingerprint density at radius 1 is 0.569 bits per heavy atom. The van der Waals surface area contributed by atoms with E-state index < -0.39 is 28.4 Å². The summed E-state index contributed by atoms with van der Waals surface area (Å²) in [5, 5.41) is 8.45. The molecule has 2 atom stereocenters. The van der Waals surface area contributed by atoms with Gasteiger partial charge < -0.3 is 14.6 Å². The lowest BCUT2D eigenvalue weighted by Gasteiger charge is -2.14. The number of carboxylic acid groups (broad SMARTS) is 1. The lowest BCUT2D eigenvalue weighted by molar-refractivity contribution is -0.133. The van der Waals surface area contributed by atoms with E-state index in [-0.39, 0.29) is 17.1 Å². The van der Waals surface area contributed by atoms with Gasteiger partial charge in [0.05, 0.1) is 5.56 Å². The summed E-state index contributed by atoms with van der Waals surface area (Å²) in [7, 11) is 0. The lowest BCUT2D eigenvalue weighted by atomic mass is 10.1. The molecule has 0 radical (unpaired) electrons. The number of carboxylic acids is 1. The van der Waals surface area contributed by atoms with Crippen molar-refractivity contribution in [1.82, 2.24) is 0 Å². The molecule has 12 heteroatoms. The van der Waals surface area contributed by atoms with Crippen LogP contribution >= 0.6 is 71.5 Å². The van der Waals surface area contributed by atoms with E-state index in [1.54, 1.807) is 37.4 Å². The number of hydrogen-bond acceptors (Lipinski definition) is 11. The van der Waals surface area contributed by atoms with Crippen molar-refractivity contribution in [3.8, 4) is 11.5 Å². The summed E-state index contributed by atoms with van der Waals surface area (Å²) in [6.07, 6.45) is 25.6. The summed E-state index contributed by atoms with van der Waals surface area (Å²) in [5.74, 6) is -0.545. The van der Waals surface area contributed by atoms with Crippen molar-refractivity contribution in [2.75, 3.05) is 11.5 Å². The van der Waals surface area contributed by atoms with Crippen molar-refractivity contribution in [2.45, 2.75) is 167 Å². The minimum atomic E-state index is -1.23. The van der Waals surface area contributed by atoms with E-state index in [9.17, 15) is 19.5 Å². The first-order valence-corrected chi connectivity index (χ1v) is 23.6. The van der Waals surface area contributed by atoms with Crippen LogP contribution in [0.15, 0.2) is 18.2 Å². The molecule has 0 unspecified atom stereocenters. The van der Waals surface area contributed by atoms with E-state index in [0.717, 1.165) is 24.3 Å². The molecule has 0 bridgehead atoms. The highest BCUT2D eigenvalue weighted by Crippen LogP contribution is 2.29. The summed E-state index contributed by atoms with van der Waals surface area (Å²) in [6.45, 7) is 7.90. The Bertz CT molecular complexity index is 1080. The van der Waals surface area contributed by atoms with Crippen molar-refractivity contribution >= 4 is 96.4 Å². The number of aromatic carboxylic acids is 1. The zero-order valence-electron chi connectivity index (χ0n) is 31.4. The number of thioether (sulfide) groups is 4. The fraction of sp³-hybridized carbons (Fsp3) is 0.718. The predicted octanol–water partition coefficient (Wildman–Crippen LogP) is 13.3. The quantitative estimate of drug-likeness (QED) is 0.0361. The molecule has 0 aliphatic rings. The SMILES string of the molecule is CCCCCCCCCCCCSC(=S)S[C@H](C)C(=O)Oc1cc(OC(=O)[C@@H](C)SC(=S)SCCCCCCCCCCCC)cc(C(=O)O)c1. The van der Waals surface area contributed by atoms with Crippen LogP contribution in [0, 0.1) is 0 Å². The molecule has 0 saturated heterocycles. The van der Waals surface area contributed by atoms with Gasteiger partial charge in [-0.05, 0) is 50.3 Å². The average molecular weight is 819 g/mol. The fourth-order valence-electron chi connectivity index (χ4n) is 5.15. The van der Waals surface area contributed by atoms with Crippen LogP contribution < -0.4 is 9.47 Å². The van der Waals surface area contributed by atoms with Crippen LogP contribution in [0.25, 0.3) is 0 Å². The van der Waals surface area contributed by atoms with Gasteiger partial charge in [-0.2, -0.15) is 0 Å². The van der Waals surface area contributed by atoms with E-state index in [2.05, 4.69) is 13.8 Å². The molecule has 0 heterocycles. The standard InChI is InChI=1S/C39H62O6S6/c1-5-7-9-11-13-15-17-19-21-23-25-48-38(46)50-30(3)36(42)44-33-27-32(35(40)41)28-34(29-33)45-37(43)31(4)51-39(47)49-26-24-22-20-18-16-14-12-10-8-6-2/h27-31H,5-26H2,1-4H3,(H,40,41)/t30-,31-/m1/s1. The van der Waals surface area contributed by atoms with Gasteiger partial charge in [-0.3, -0.25) is 9.59 Å². The highest BCUT2D eigenvalue weighted by molar-refractivity contribution is 8.48. The molecule has 1 N–H and O–H groups in total. The number of esters is 2. The predicted molar refractivity (Wildman–Crippen MR) is 233 cm³/mol. The minimum Gasteiger partial charge on any atom is -0.478 e. The van der Waals surface area contributed by atoms with Gasteiger partial charge in [0, 0.05) is 6.07 Å². The largest absolute Gasteiger partial charge is 0.478 e. The van der Waals surface area contributed by atoms with Crippen LogP contribution in [0.5, 0.6) is 11.5 Å². The molecule has 1 aromatic rings. The third kappa shape index (κ3) is 25.8. The average Bonchev–Trinajstić information content (AvgIpc) is 3.09. The van der Waals surface area contributed by atoms with E-state index in [1.165, 1.54) is 157 Å². The maximum absolute atomic E-state index is 12.9. The normalized spacial score (nSPS) is 12.3. The Hall–Kier alpha value is -0.790. The number of benzene rings is 1. The molecule has 290 valence electrons. The van der Waals surface area contributed by atoms with Gasteiger partial charge in [0.2, 0.25) is 0 Å². The molecule has 0 aromatic heterocycles. The van der Waals surface area contributed by atoms with Gasteiger partial charge in [0.1, 0.15) is 29.1 Å². The Labute approximate surface area is 336 Å². The van der Waals surface area contributed by atoms with Gasteiger partial charge in [0.15, 0.2) is 0 Å². The van der Waals surface area contributed by atoms with Gasteiger partial charge in [0.25, 0.3) is 0 Å². The molecule has 0 amide bonds. The Kier molecular flexibility index (Phi) is 29.8. The Balaban J connectivity index is 2.42. The molecule has 51 heavy (non-hydrogen) atoms. The summed E-state index contributed by atoms with van der Waals surface area (Å²) in [5.41, 5.74) is -0.158. The zero-order valence-corrected chi connectivity index (χ0v) is 36.3. The van der Waals surface area contributed by atoms with Crippen LogP contribution in [0.1, 0.15) is 166 Å². The lowest BCUT2D eigenvalue weighted by Crippen LogP contribution is -2.22. The highest BCUT2D eigenvalue weighted by Gasteiger charge is 2.22. The molecule has 1 aromatic carbocycles. The van der Waals surface area contributed by atoms with Crippen LogP contribution in [0.3, 0.4) is 0 Å². The molecule has 1 rings (SSSR count). The van der Waals surface area contributed by atoms with E-state index in [4.69, 9.17) is 33.9 Å². The van der Waals surface area contributed by atoms with Gasteiger partial charge >= 0.3 is 17.9 Å². The number of ether oxygens (including phenoxy) is 2. The van der Waals surface area contributed by atoms with Crippen molar-refractivity contribution < 1.29 is 29.0 Å². The van der Waals surface area contributed by atoms with Crippen LogP contribution in [-0.2, 0) is 9.59 Å². The monoisotopic (exact) mass is 818 g/mol. The Morgan fingerprint density at radius 3 is 1.20 bits per heavy atom. The molecule has 0 spiro atoms. The maximum Gasteiger partial charge on any atom is 0.335 e. The molecule has 0 aliphatic heterocycles. The molecule has 0 fully saturated rings. The second-order valence-corrected chi connectivity index (χ2v) is 20.2. The summed E-state index contributed by atoms with van der Waals surface area (Å²) in [6, 6.07) is 3.84. The van der Waals surface area contributed by atoms with Crippen molar-refractivity contribution in [1.29, 1.82) is 0 Å². The number of unbranched alkanes of at least 4 members (excludes halogenated alkanes) is 18. The third-order valence-electron chi connectivity index (χ3n) is 8.21. The van der Waals surface area contributed by atoms with E-state index in [1.807, 2.05) is 0 Å². The van der Waals surface area contributed by atoms with E-state index in [0.29, 0.717) is 7.06 Å². The number of thiocarbonyl (C=S) groups is 2. The molecular weight excluding hydrogens is 757 g/mol. The molecule has 0 saturated carbocycles. The summed E-state index contributed by atoms with van der Waals surface area (Å²) < 4.78 is 12.4. The summed E-state index contributed by atoms with van der Waals surface area (Å²) in [4.78, 5) is 37.6. The van der Waals surface area contributed by atoms with E-state index >= 15 is 0 Å². The first-order chi connectivity index (χ1) is 24.6. The van der Waals surface area contributed by atoms with Gasteiger partial charge in [-0.25, -0.2) is 4.79 Å². The second-order valence-electron chi connectivity index (χ2n) is 12.9. The third-order valence-corrected chi connectivity index (χ3v) is 13.7. The second kappa shape index (κ2) is 31.5. The number of hydrogen-bond donors (Lipinski definition) is 1. The number of carbonyl (C=O) groups is 3. The first-order valence-electron chi connectivity index (χ1n) is 19.1.